The number of hydrogen-bond acceptors (Lipinski definition) is 3. The summed E-state index contributed by atoms with van der Waals surface area (Å²) in [6.45, 7) is 8.79. The second-order valence-electron chi connectivity index (χ2n) is 6.65. The first-order valence-corrected chi connectivity index (χ1v) is 9.22. The van der Waals surface area contributed by atoms with Gasteiger partial charge in [0.05, 0.1) is 6.61 Å². The Bertz CT molecular complexity index is 613. The Balaban J connectivity index is 2.04. The van der Waals surface area contributed by atoms with E-state index in [1.54, 1.807) is 14.0 Å². The van der Waals surface area contributed by atoms with Crippen molar-refractivity contribution in [2.24, 2.45) is 0 Å². The van der Waals surface area contributed by atoms with Crippen molar-refractivity contribution in [2.45, 2.75) is 39.7 Å². The number of carbonyl (C=O) groups excluding carboxylic acids is 1. The minimum atomic E-state index is 0.151. The number of thiocarbonyl (C=S) groups is 1. The van der Waals surface area contributed by atoms with E-state index >= 15 is 0 Å². The molecule has 5 nitrogen and oxygen atoms in total. The maximum Gasteiger partial charge on any atom is 0.219 e. The molecular formula is C19H29N3O2S. The zero-order valence-corrected chi connectivity index (χ0v) is 16.5. The van der Waals surface area contributed by atoms with E-state index in [9.17, 15) is 4.79 Å². The van der Waals surface area contributed by atoms with Crippen LogP contribution in [-0.4, -0.2) is 60.2 Å². The molecule has 0 saturated carbocycles. The van der Waals surface area contributed by atoms with Crippen molar-refractivity contribution < 1.29 is 9.53 Å². The standard InChI is InChI=1S/C19H29N3O2S/c1-14-5-6-17(13-15(14)2)20-19(25)22(11-12-24-4)18-7-9-21(10-8-18)16(3)23/h5-6,13,18H,7-12H2,1-4H3,(H,20,25). The van der Waals surface area contributed by atoms with E-state index in [0.29, 0.717) is 12.6 Å². The van der Waals surface area contributed by atoms with Gasteiger partial charge in [0, 0.05) is 45.4 Å². The van der Waals surface area contributed by atoms with Crippen molar-refractivity contribution >= 4 is 28.9 Å². The fourth-order valence-corrected chi connectivity index (χ4v) is 3.50. The Labute approximate surface area is 156 Å². The van der Waals surface area contributed by atoms with Crippen LogP contribution in [0.15, 0.2) is 18.2 Å². The Morgan fingerprint density at radius 1 is 1.32 bits per heavy atom. The molecule has 1 heterocycles. The third kappa shape index (κ3) is 5.41. The molecular weight excluding hydrogens is 334 g/mol. The quantitative estimate of drug-likeness (QED) is 0.815. The number of hydrogen-bond donors (Lipinski definition) is 1. The summed E-state index contributed by atoms with van der Waals surface area (Å²) in [7, 11) is 1.70. The summed E-state index contributed by atoms with van der Waals surface area (Å²) in [5.74, 6) is 0.151. The topological polar surface area (TPSA) is 44.8 Å². The van der Waals surface area contributed by atoms with E-state index in [0.717, 1.165) is 43.3 Å². The molecule has 0 bridgehead atoms. The van der Waals surface area contributed by atoms with E-state index in [4.69, 9.17) is 17.0 Å². The van der Waals surface area contributed by atoms with Crippen LogP contribution >= 0.6 is 12.2 Å². The second-order valence-corrected chi connectivity index (χ2v) is 7.04. The number of carbonyl (C=O) groups is 1. The van der Waals surface area contributed by atoms with Crippen LogP contribution < -0.4 is 5.32 Å². The van der Waals surface area contributed by atoms with E-state index in [-0.39, 0.29) is 5.91 Å². The molecule has 138 valence electrons. The summed E-state index contributed by atoms with van der Waals surface area (Å²) in [6.07, 6.45) is 1.86. The number of piperidine rings is 1. The molecule has 0 aliphatic carbocycles. The lowest BCUT2D eigenvalue weighted by atomic mass is 10.0. The maximum absolute atomic E-state index is 11.5. The highest BCUT2D eigenvalue weighted by molar-refractivity contribution is 7.80. The number of likely N-dealkylation sites (tertiary alicyclic amines) is 1. The van der Waals surface area contributed by atoms with Gasteiger partial charge in [0.15, 0.2) is 5.11 Å². The molecule has 25 heavy (non-hydrogen) atoms. The second kappa shape index (κ2) is 9.15. The molecule has 0 spiro atoms. The summed E-state index contributed by atoms with van der Waals surface area (Å²) in [6, 6.07) is 6.61. The fraction of sp³-hybridized carbons (Fsp3) is 0.579. The zero-order chi connectivity index (χ0) is 18.4. The van der Waals surface area contributed by atoms with Gasteiger partial charge in [0.25, 0.3) is 0 Å². The Hall–Kier alpha value is -1.66. The molecule has 1 fully saturated rings. The van der Waals surface area contributed by atoms with E-state index < -0.39 is 0 Å². The molecule has 1 aromatic carbocycles. The summed E-state index contributed by atoms with van der Waals surface area (Å²) in [5, 5.41) is 4.10. The number of nitrogens with zero attached hydrogens (tertiary/aromatic N) is 2. The first kappa shape index (κ1) is 19.7. The molecule has 1 aromatic rings. The maximum atomic E-state index is 11.5. The highest BCUT2D eigenvalue weighted by atomic mass is 32.1. The number of amides is 1. The molecule has 0 radical (unpaired) electrons. The van der Waals surface area contributed by atoms with Gasteiger partial charge in [-0.1, -0.05) is 6.07 Å². The molecule has 0 atom stereocenters. The van der Waals surface area contributed by atoms with Crippen molar-refractivity contribution in [1.82, 2.24) is 9.80 Å². The van der Waals surface area contributed by atoms with Crippen molar-refractivity contribution in [2.75, 3.05) is 38.7 Å². The molecule has 1 aliphatic heterocycles. The number of benzene rings is 1. The van der Waals surface area contributed by atoms with Gasteiger partial charge in [-0.15, -0.1) is 0 Å². The van der Waals surface area contributed by atoms with Crippen molar-refractivity contribution in [3.63, 3.8) is 0 Å². The lowest BCUT2D eigenvalue weighted by Crippen LogP contribution is -2.50. The van der Waals surface area contributed by atoms with Gasteiger partial charge < -0.3 is 19.9 Å². The van der Waals surface area contributed by atoms with E-state index in [2.05, 4.69) is 42.3 Å². The lowest BCUT2D eigenvalue weighted by molar-refractivity contribution is -0.130. The summed E-state index contributed by atoms with van der Waals surface area (Å²) < 4.78 is 5.26. The fourth-order valence-electron chi connectivity index (χ4n) is 3.15. The number of methoxy groups -OCH3 is 1. The van der Waals surface area contributed by atoms with Gasteiger partial charge in [-0.05, 0) is 62.2 Å². The van der Waals surface area contributed by atoms with E-state index in [1.807, 2.05) is 4.90 Å². The summed E-state index contributed by atoms with van der Waals surface area (Å²) in [4.78, 5) is 15.7. The number of anilines is 1. The normalized spacial score (nSPS) is 15.1. The smallest absolute Gasteiger partial charge is 0.219 e. The molecule has 0 unspecified atom stereocenters. The van der Waals surface area contributed by atoms with Crippen LogP contribution in [0.3, 0.4) is 0 Å². The largest absolute Gasteiger partial charge is 0.383 e. The van der Waals surface area contributed by atoms with Crippen molar-refractivity contribution in [3.8, 4) is 0 Å². The number of nitrogens with one attached hydrogen (secondary N) is 1. The molecule has 2 rings (SSSR count). The molecule has 6 heteroatoms. The number of ether oxygens (including phenoxy) is 1. The average molecular weight is 364 g/mol. The Kier molecular flexibility index (Phi) is 7.20. The number of rotatable bonds is 5. The average Bonchev–Trinajstić information content (AvgIpc) is 2.59. The molecule has 1 N–H and O–H groups in total. The third-order valence-corrected chi connectivity index (χ3v) is 5.24. The minimum Gasteiger partial charge on any atom is -0.383 e. The van der Waals surface area contributed by atoms with Gasteiger partial charge in [0.2, 0.25) is 5.91 Å². The Morgan fingerprint density at radius 2 is 2.00 bits per heavy atom. The van der Waals surface area contributed by atoms with Crippen LogP contribution in [0.1, 0.15) is 30.9 Å². The first-order chi connectivity index (χ1) is 11.9. The highest BCUT2D eigenvalue weighted by Gasteiger charge is 2.27. The molecule has 0 aromatic heterocycles. The van der Waals surface area contributed by atoms with Gasteiger partial charge in [-0.3, -0.25) is 4.79 Å². The van der Waals surface area contributed by atoms with Gasteiger partial charge in [0.1, 0.15) is 0 Å². The predicted octanol–water partition coefficient (Wildman–Crippen LogP) is 2.96. The monoisotopic (exact) mass is 363 g/mol. The minimum absolute atomic E-state index is 0.151. The van der Waals surface area contributed by atoms with Crippen LogP contribution in [0.5, 0.6) is 0 Å². The summed E-state index contributed by atoms with van der Waals surface area (Å²) in [5.41, 5.74) is 3.52. The SMILES string of the molecule is COCCN(C(=S)Nc1ccc(C)c(C)c1)C1CCN(C(C)=O)CC1. The van der Waals surface area contributed by atoms with Crippen LogP contribution in [0.25, 0.3) is 0 Å². The van der Waals surface area contributed by atoms with E-state index in [1.165, 1.54) is 11.1 Å². The van der Waals surface area contributed by atoms with Crippen LogP contribution in [0, 0.1) is 13.8 Å². The number of aryl methyl sites for hydroxylation is 2. The molecule has 1 saturated heterocycles. The summed E-state index contributed by atoms with van der Waals surface area (Å²) >= 11 is 5.69. The van der Waals surface area contributed by atoms with Crippen LogP contribution in [-0.2, 0) is 9.53 Å². The third-order valence-electron chi connectivity index (χ3n) is 4.91. The van der Waals surface area contributed by atoms with Crippen LogP contribution in [0.4, 0.5) is 5.69 Å². The zero-order valence-electron chi connectivity index (χ0n) is 15.7. The lowest BCUT2D eigenvalue weighted by Gasteiger charge is -2.39. The van der Waals surface area contributed by atoms with Gasteiger partial charge in [-0.2, -0.15) is 0 Å². The molecule has 1 aliphatic rings. The predicted molar refractivity (Wildman–Crippen MR) is 106 cm³/mol. The van der Waals surface area contributed by atoms with Crippen LogP contribution in [0.2, 0.25) is 0 Å². The highest BCUT2D eigenvalue weighted by Crippen LogP contribution is 2.20. The molecule has 1 amide bonds. The van der Waals surface area contributed by atoms with Gasteiger partial charge in [-0.25, -0.2) is 0 Å². The van der Waals surface area contributed by atoms with Gasteiger partial charge >= 0.3 is 0 Å². The van der Waals surface area contributed by atoms with Crippen molar-refractivity contribution in [3.05, 3.63) is 29.3 Å². The van der Waals surface area contributed by atoms with Crippen molar-refractivity contribution in [1.29, 1.82) is 0 Å². The first-order valence-electron chi connectivity index (χ1n) is 8.81. The Morgan fingerprint density at radius 3 is 2.56 bits per heavy atom.